The molecule has 2 rings (SSSR count). The van der Waals surface area contributed by atoms with Crippen LogP contribution in [0.2, 0.25) is 5.02 Å². The topological polar surface area (TPSA) is 91.3 Å². The lowest BCUT2D eigenvalue weighted by atomic mass is 10.2. The third-order valence-electron chi connectivity index (χ3n) is 2.29. The molecule has 1 aromatic carbocycles. The van der Waals surface area contributed by atoms with Crippen molar-refractivity contribution < 1.29 is 14.7 Å². The van der Waals surface area contributed by atoms with Gasteiger partial charge in [-0.15, -0.1) is 11.3 Å². The largest absolute Gasteiger partial charge is 0.478 e. The molecule has 0 aliphatic carbocycles. The number of carbonyl (C=O) groups excluding carboxylic acids is 1. The third-order valence-corrected chi connectivity index (χ3v) is 3.50. The van der Waals surface area contributed by atoms with Crippen LogP contribution >= 0.6 is 22.9 Å². The average molecular weight is 312 g/mol. The van der Waals surface area contributed by atoms with Crippen molar-refractivity contribution in [1.82, 2.24) is 4.98 Å². The molecule has 0 fully saturated rings. The Hall–Kier alpha value is -2.12. The summed E-state index contributed by atoms with van der Waals surface area (Å²) in [5, 5.41) is 16.4. The molecule has 0 bridgehead atoms. The summed E-state index contributed by atoms with van der Waals surface area (Å²) in [6.45, 7) is 1.82. The number of aromatic nitrogens is 1. The predicted molar refractivity (Wildman–Crippen MR) is 77.9 cm³/mol. The number of carboxylic acid groups (broad SMARTS) is 1. The summed E-state index contributed by atoms with van der Waals surface area (Å²) in [6.07, 6.45) is 0. The summed E-state index contributed by atoms with van der Waals surface area (Å²) >= 11 is 7.04. The van der Waals surface area contributed by atoms with E-state index in [0.717, 1.165) is 5.69 Å². The molecule has 104 valence electrons. The second kappa shape index (κ2) is 5.89. The van der Waals surface area contributed by atoms with Gasteiger partial charge < -0.3 is 10.4 Å². The minimum Gasteiger partial charge on any atom is -0.478 e. The number of rotatable bonds is 3. The Morgan fingerprint density at radius 2 is 2.10 bits per heavy atom. The highest BCUT2D eigenvalue weighted by Crippen LogP contribution is 2.21. The van der Waals surface area contributed by atoms with Crippen LogP contribution < -0.4 is 10.6 Å². The van der Waals surface area contributed by atoms with Gasteiger partial charge in [0.05, 0.1) is 16.3 Å². The number of carbonyl (C=O) groups is 2. The van der Waals surface area contributed by atoms with Crippen LogP contribution in [0.5, 0.6) is 0 Å². The van der Waals surface area contributed by atoms with Crippen molar-refractivity contribution in [2.75, 3.05) is 10.6 Å². The molecule has 6 nitrogen and oxygen atoms in total. The number of aryl methyl sites for hydroxylation is 1. The normalized spacial score (nSPS) is 10.1. The molecule has 0 unspecified atom stereocenters. The molecule has 0 saturated heterocycles. The quantitative estimate of drug-likeness (QED) is 0.809. The maximum atomic E-state index is 11.7. The van der Waals surface area contributed by atoms with Crippen molar-refractivity contribution in [2.24, 2.45) is 0 Å². The monoisotopic (exact) mass is 311 g/mol. The van der Waals surface area contributed by atoms with Gasteiger partial charge in [-0.25, -0.2) is 14.6 Å². The molecule has 0 spiro atoms. The second-order valence-electron chi connectivity index (χ2n) is 3.87. The standard InChI is InChI=1S/C12H10ClN3O3S/c1-6-5-20-12(14-6)16-11(19)15-7-2-3-9(13)8(4-7)10(17)18/h2-5H,1H3,(H,17,18)(H2,14,15,16,19). The summed E-state index contributed by atoms with van der Waals surface area (Å²) in [6, 6.07) is 3.71. The van der Waals surface area contributed by atoms with Crippen molar-refractivity contribution in [3.8, 4) is 0 Å². The van der Waals surface area contributed by atoms with Gasteiger partial charge in [-0.1, -0.05) is 11.6 Å². The number of halogens is 1. The number of aromatic carboxylic acids is 1. The zero-order chi connectivity index (χ0) is 14.7. The molecule has 1 heterocycles. The van der Waals surface area contributed by atoms with Gasteiger partial charge in [-0.2, -0.15) is 0 Å². The number of carboxylic acids is 1. The SMILES string of the molecule is Cc1csc(NC(=O)Nc2ccc(Cl)c(C(=O)O)c2)n1. The maximum absolute atomic E-state index is 11.7. The maximum Gasteiger partial charge on any atom is 0.337 e. The van der Waals surface area contributed by atoms with Gasteiger partial charge >= 0.3 is 12.0 Å². The molecular formula is C12H10ClN3O3S. The second-order valence-corrected chi connectivity index (χ2v) is 5.14. The van der Waals surface area contributed by atoms with Gasteiger partial charge in [0.1, 0.15) is 0 Å². The molecule has 0 radical (unpaired) electrons. The van der Waals surface area contributed by atoms with E-state index in [9.17, 15) is 9.59 Å². The van der Waals surface area contributed by atoms with Crippen LogP contribution in [0.15, 0.2) is 23.6 Å². The van der Waals surface area contributed by atoms with E-state index in [0.29, 0.717) is 10.8 Å². The van der Waals surface area contributed by atoms with E-state index in [-0.39, 0.29) is 10.6 Å². The van der Waals surface area contributed by atoms with Crippen molar-refractivity contribution in [3.63, 3.8) is 0 Å². The van der Waals surface area contributed by atoms with Crippen molar-refractivity contribution in [1.29, 1.82) is 0 Å². The smallest absolute Gasteiger partial charge is 0.337 e. The van der Waals surface area contributed by atoms with E-state index < -0.39 is 12.0 Å². The summed E-state index contributed by atoms with van der Waals surface area (Å²) in [7, 11) is 0. The number of anilines is 2. The van der Waals surface area contributed by atoms with Gasteiger partial charge in [0, 0.05) is 11.1 Å². The Bertz CT molecular complexity index is 672. The van der Waals surface area contributed by atoms with Crippen LogP contribution in [0.4, 0.5) is 15.6 Å². The fraction of sp³-hybridized carbons (Fsp3) is 0.0833. The minimum absolute atomic E-state index is 0.0745. The zero-order valence-corrected chi connectivity index (χ0v) is 11.9. The summed E-state index contributed by atoms with van der Waals surface area (Å²) in [5.41, 5.74) is 1.07. The highest BCUT2D eigenvalue weighted by molar-refractivity contribution is 7.13. The molecule has 2 aromatic rings. The van der Waals surface area contributed by atoms with E-state index in [2.05, 4.69) is 15.6 Å². The molecule has 0 aliphatic rings. The summed E-state index contributed by atoms with van der Waals surface area (Å²) in [5.74, 6) is -1.16. The first-order chi connectivity index (χ1) is 9.45. The molecule has 3 N–H and O–H groups in total. The van der Waals surface area contributed by atoms with Gasteiger partial charge in [-0.05, 0) is 25.1 Å². The van der Waals surface area contributed by atoms with Gasteiger partial charge in [-0.3, -0.25) is 5.32 Å². The lowest BCUT2D eigenvalue weighted by Crippen LogP contribution is -2.19. The molecule has 0 saturated carbocycles. The van der Waals surface area contributed by atoms with Gasteiger partial charge in [0.15, 0.2) is 5.13 Å². The Balaban J connectivity index is 2.08. The number of hydrogen-bond acceptors (Lipinski definition) is 4. The molecule has 1 aromatic heterocycles. The highest BCUT2D eigenvalue weighted by atomic mass is 35.5. The van der Waals surface area contributed by atoms with Crippen LogP contribution in [0, 0.1) is 6.92 Å². The molecule has 2 amide bonds. The van der Waals surface area contributed by atoms with E-state index in [4.69, 9.17) is 16.7 Å². The zero-order valence-electron chi connectivity index (χ0n) is 10.3. The first-order valence-electron chi connectivity index (χ1n) is 5.48. The Morgan fingerprint density at radius 1 is 1.35 bits per heavy atom. The number of urea groups is 1. The number of hydrogen-bond donors (Lipinski definition) is 3. The summed E-state index contributed by atoms with van der Waals surface area (Å²) in [4.78, 5) is 26.7. The fourth-order valence-corrected chi connectivity index (χ4v) is 2.32. The number of amides is 2. The van der Waals surface area contributed by atoms with E-state index >= 15 is 0 Å². The van der Waals surface area contributed by atoms with Crippen LogP contribution in [0.1, 0.15) is 16.1 Å². The number of benzene rings is 1. The van der Waals surface area contributed by atoms with Crippen LogP contribution in [-0.4, -0.2) is 22.1 Å². The van der Waals surface area contributed by atoms with Gasteiger partial charge in [0.25, 0.3) is 0 Å². The Kier molecular flexibility index (Phi) is 4.21. The lowest BCUT2D eigenvalue weighted by molar-refractivity contribution is 0.0697. The van der Waals surface area contributed by atoms with Crippen LogP contribution in [0.25, 0.3) is 0 Å². The molecule has 20 heavy (non-hydrogen) atoms. The molecule has 0 atom stereocenters. The van der Waals surface area contributed by atoms with E-state index in [1.807, 2.05) is 6.92 Å². The van der Waals surface area contributed by atoms with Crippen LogP contribution in [-0.2, 0) is 0 Å². The Labute approximate surface area is 123 Å². The number of thiazole rings is 1. The van der Waals surface area contributed by atoms with Crippen molar-refractivity contribution in [2.45, 2.75) is 6.92 Å². The highest BCUT2D eigenvalue weighted by Gasteiger charge is 2.11. The molecule has 8 heteroatoms. The van der Waals surface area contributed by atoms with Crippen LogP contribution in [0.3, 0.4) is 0 Å². The Morgan fingerprint density at radius 3 is 2.70 bits per heavy atom. The van der Waals surface area contributed by atoms with E-state index in [1.54, 1.807) is 5.38 Å². The first-order valence-corrected chi connectivity index (χ1v) is 6.74. The van der Waals surface area contributed by atoms with Gasteiger partial charge in [0.2, 0.25) is 0 Å². The first kappa shape index (κ1) is 14.3. The third kappa shape index (κ3) is 3.46. The lowest BCUT2D eigenvalue weighted by Gasteiger charge is -2.07. The fourth-order valence-electron chi connectivity index (χ4n) is 1.44. The average Bonchev–Trinajstić information content (AvgIpc) is 2.76. The van der Waals surface area contributed by atoms with Crippen molar-refractivity contribution >= 4 is 45.8 Å². The molecule has 0 aliphatic heterocycles. The number of nitrogens with zero attached hydrogens (tertiary/aromatic N) is 1. The van der Waals surface area contributed by atoms with E-state index in [1.165, 1.54) is 29.5 Å². The molecular weight excluding hydrogens is 302 g/mol. The predicted octanol–water partition coefficient (Wildman–Crippen LogP) is 3.45. The van der Waals surface area contributed by atoms with Crippen molar-refractivity contribution in [3.05, 3.63) is 39.9 Å². The number of nitrogens with one attached hydrogen (secondary N) is 2. The minimum atomic E-state index is -1.16. The summed E-state index contributed by atoms with van der Waals surface area (Å²) < 4.78 is 0.